The van der Waals surface area contributed by atoms with Gasteiger partial charge in [-0.3, -0.25) is 4.98 Å². The van der Waals surface area contributed by atoms with Gasteiger partial charge in [0.05, 0.1) is 17.9 Å². The maximum atomic E-state index is 11.4. The highest BCUT2D eigenvalue weighted by molar-refractivity contribution is 6.31. The number of halogens is 1. The largest absolute Gasteiger partial charge is 0.371 e. The second-order valence-corrected chi connectivity index (χ2v) is 5.41. The predicted molar refractivity (Wildman–Crippen MR) is 79.6 cm³/mol. The zero-order chi connectivity index (χ0) is 14.3. The van der Waals surface area contributed by atoms with Gasteiger partial charge in [0.1, 0.15) is 0 Å². The Bertz CT molecular complexity index is 692. The third-order valence-corrected chi connectivity index (χ3v) is 3.79. The number of anilines is 2. The maximum absolute atomic E-state index is 11.4. The molecule has 0 bridgehead atoms. The van der Waals surface area contributed by atoms with Crippen molar-refractivity contribution in [1.29, 1.82) is 0 Å². The molecule has 2 heterocycles. The molecule has 0 amide bonds. The van der Waals surface area contributed by atoms with Crippen LogP contribution in [0.25, 0.3) is 0 Å². The number of aryl methyl sites for hydroxylation is 1. The summed E-state index contributed by atoms with van der Waals surface area (Å²) in [5, 5.41) is 4.91. The minimum Gasteiger partial charge on any atom is -0.371 e. The van der Waals surface area contributed by atoms with Crippen molar-refractivity contribution in [1.82, 2.24) is 14.8 Å². The molecule has 0 unspecified atom stereocenters. The number of rotatable bonds is 2. The summed E-state index contributed by atoms with van der Waals surface area (Å²) in [5.74, 6) is 0.669. The van der Waals surface area contributed by atoms with Crippen LogP contribution in [0.3, 0.4) is 0 Å². The van der Waals surface area contributed by atoms with Crippen LogP contribution in [0.15, 0.2) is 23.0 Å². The van der Waals surface area contributed by atoms with Gasteiger partial charge < -0.3 is 9.80 Å². The lowest BCUT2D eigenvalue weighted by Gasteiger charge is -2.36. The van der Waals surface area contributed by atoms with E-state index in [1.54, 1.807) is 7.05 Å². The molecule has 0 aliphatic carbocycles. The summed E-state index contributed by atoms with van der Waals surface area (Å²) in [5.41, 5.74) is 2.02. The minimum atomic E-state index is -0.189. The van der Waals surface area contributed by atoms with Crippen molar-refractivity contribution in [2.24, 2.45) is 7.05 Å². The summed E-state index contributed by atoms with van der Waals surface area (Å²) in [6, 6.07) is 5.85. The molecule has 1 aliphatic rings. The molecule has 1 aromatic carbocycles. The molecule has 0 saturated carbocycles. The third kappa shape index (κ3) is 2.27. The number of likely N-dealkylation sites (N-methyl/N-ethyl adjacent to an activating group) is 1. The van der Waals surface area contributed by atoms with Crippen LogP contribution < -0.4 is 15.5 Å². The lowest BCUT2D eigenvalue weighted by atomic mass is 10.1. The number of nitrogens with one attached hydrogen (secondary N) is 1. The number of hydrogen-bond acceptors (Lipinski definition) is 4. The van der Waals surface area contributed by atoms with Crippen LogP contribution in [0.1, 0.15) is 5.82 Å². The van der Waals surface area contributed by atoms with E-state index < -0.39 is 0 Å². The van der Waals surface area contributed by atoms with Gasteiger partial charge in [0.15, 0.2) is 5.82 Å². The van der Waals surface area contributed by atoms with Gasteiger partial charge in [0.2, 0.25) is 0 Å². The van der Waals surface area contributed by atoms with E-state index in [0.717, 1.165) is 29.5 Å². The zero-order valence-corrected chi connectivity index (χ0v) is 12.2. The summed E-state index contributed by atoms with van der Waals surface area (Å²) in [6.07, 6.45) is 0. The van der Waals surface area contributed by atoms with Crippen LogP contribution >= 0.6 is 11.6 Å². The van der Waals surface area contributed by atoms with E-state index in [-0.39, 0.29) is 5.69 Å². The molecule has 1 aliphatic heterocycles. The Labute approximate surface area is 121 Å². The quantitative estimate of drug-likeness (QED) is 0.904. The number of benzene rings is 1. The standard InChI is InChI=1S/C13H16ClN5O/c1-17-5-6-19(8-12-15-13(20)18(2)16-12)10-4-3-9(14)7-11(10)17/h3-4,7H,5-6,8H2,1-2H3,(H,15,16,20). The van der Waals surface area contributed by atoms with Gasteiger partial charge in [0.25, 0.3) is 0 Å². The van der Waals surface area contributed by atoms with Gasteiger partial charge in [-0.2, -0.15) is 5.10 Å². The molecular weight excluding hydrogens is 278 g/mol. The van der Waals surface area contributed by atoms with Crippen molar-refractivity contribution in [2.45, 2.75) is 6.54 Å². The second kappa shape index (κ2) is 4.86. The number of hydrogen-bond donors (Lipinski definition) is 1. The summed E-state index contributed by atoms with van der Waals surface area (Å²) in [7, 11) is 3.69. The van der Waals surface area contributed by atoms with Gasteiger partial charge in [0, 0.05) is 32.2 Å². The van der Waals surface area contributed by atoms with Crippen LogP contribution in [-0.2, 0) is 13.6 Å². The molecule has 3 rings (SSSR count). The Morgan fingerprint density at radius 2 is 2.10 bits per heavy atom. The summed E-state index contributed by atoms with van der Waals surface area (Å²) >= 11 is 6.07. The lowest BCUT2D eigenvalue weighted by Crippen LogP contribution is -2.39. The maximum Gasteiger partial charge on any atom is 0.343 e. The minimum absolute atomic E-state index is 0.189. The smallest absolute Gasteiger partial charge is 0.343 e. The van der Waals surface area contributed by atoms with E-state index >= 15 is 0 Å². The Morgan fingerprint density at radius 1 is 1.30 bits per heavy atom. The SMILES string of the molecule is CN1CCN(Cc2nn(C)c(=O)[nH]2)c2ccc(Cl)cc21. The second-order valence-electron chi connectivity index (χ2n) is 4.98. The molecule has 106 valence electrons. The van der Waals surface area contributed by atoms with E-state index in [4.69, 9.17) is 11.6 Å². The van der Waals surface area contributed by atoms with E-state index in [9.17, 15) is 4.79 Å². The number of aromatic amines is 1. The fraction of sp³-hybridized carbons (Fsp3) is 0.385. The molecule has 7 heteroatoms. The van der Waals surface area contributed by atoms with Crippen molar-refractivity contribution in [3.8, 4) is 0 Å². The number of nitrogens with zero attached hydrogens (tertiary/aromatic N) is 4. The van der Waals surface area contributed by atoms with Gasteiger partial charge >= 0.3 is 5.69 Å². The van der Waals surface area contributed by atoms with Crippen LogP contribution in [0.4, 0.5) is 11.4 Å². The first-order valence-electron chi connectivity index (χ1n) is 6.42. The molecule has 1 N–H and O–H groups in total. The van der Waals surface area contributed by atoms with Crippen molar-refractivity contribution < 1.29 is 0 Å². The first kappa shape index (κ1) is 13.1. The third-order valence-electron chi connectivity index (χ3n) is 3.55. The highest BCUT2D eigenvalue weighted by Crippen LogP contribution is 2.34. The van der Waals surface area contributed by atoms with E-state index in [1.165, 1.54) is 4.68 Å². The first-order chi connectivity index (χ1) is 9.54. The fourth-order valence-corrected chi connectivity index (χ4v) is 2.62. The molecule has 0 fully saturated rings. The van der Waals surface area contributed by atoms with Gasteiger partial charge in [-0.15, -0.1) is 0 Å². The highest BCUT2D eigenvalue weighted by atomic mass is 35.5. The molecule has 20 heavy (non-hydrogen) atoms. The molecule has 0 saturated heterocycles. The molecule has 0 spiro atoms. The Balaban J connectivity index is 1.92. The Morgan fingerprint density at radius 3 is 2.80 bits per heavy atom. The topological polar surface area (TPSA) is 57.2 Å². The van der Waals surface area contributed by atoms with Crippen LogP contribution in [0.2, 0.25) is 5.02 Å². The number of fused-ring (bicyclic) bond motifs is 1. The first-order valence-corrected chi connectivity index (χ1v) is 6.80. The summed E-state index contributed by atoms with van der Waals surface area (Å²) < 4.78 is 1.31. The number of H-pyrrole nitrogens is 1. The van der Waals surface area contributed by atoms with Gasteiger partial charge in [-0.1, -0.05) is 11.6 Å². The molecular formula is C13H16ClN5O. The highest BCUT2D eigenvalue weighted by Gasteiger charge is 2.21. The lowest BCUT2D eigenvalue weighted by molar-refractivity contribution is 0.686. The molecule has 2 aromatic rings. The molecule has 0 radical (unpaired) electrons. The molecule has 0 atom stereocenters. The summed E-state index contributed by atoms with van der Waals surface area (Å²) in [6.45, 7) is 2.37. The summed E-state index contributed by atoms with van der Waals surface area (Å²) in [4.78, 5) is 18.6. The normalized spacial score (nSPS) is 14.6. The Kier molecular flexibility index (Phi) is 3.17. The average Bonchev–Trinajstić information content (AvgIpc) is 2.72. The van der Waals surface area contributed by atoms with Crippen molar-refractivity contribution in [2.75, 3.05) is 29.9 Å². The Hall–Kier alpha value is -1.95. The van der Waals surface area contributed by atoms with Crippen LogP contribution in [-0.4, -0.2) is 34.9 Å². The van der Waals surface area contributed by atoms with E-state index in [1.807, 2.05) is 18.2 Å². The van der Waals surface area contributed by atoms with Crippen molar-refractivity contribution in [3.63, 3.8) is 0 Å². The van der Waals surface area contributed by atoms with Gasteiger partial charge in [-0.05, 0) is 18.2 Å². The van der Waals surface area contributed by atoms with E-state index in [0.29, 0.717) is 12.4 Å². The molecule has 1 aromatic heterocycles. The zero-order valence-electron chi connectivity index (χ0n) is 11.4. The predicted octanol–water partition coefficient (Wildman–Crippen LogP) is 1.22. The van der Waals surface area contributed by atoms with E-state index in [2.05, 4.69) is 26.9 Å². The average molecular weight is 294 g/mol. The van der Waals surface area contributed by atoms with Crippen LogP contribution in [0, 0.1) is 0 Å². The van der Waals surface area contributed by atoms with Gasteiger partial charge in [-0.25, -0.2) is 9.48 Å². The van der Waals surface area contributed by atoms with Crippen LogP contribution in [0.5, 0.6) is 0 Å². The van der Waals surface area contributed by atoms with Crippen molar-refractivity contribution >= 4 is 23.0 Å². The molecule has 6 nitrogen and oxygen atoms in total. The number of aromatic nitrogens is 3. The monoisotopic (exact) mass is 293 g/mol. The van der Waals surface area contributed by atoms with Crippen molar-refractivity contribution in [3.05, 3.63) is 39.5 Å². The fourth-order valence-electron chi connectivity index (χ4n) is 2.45.